The van der Waals surface area contributed by atoms with Crippen molar-refractivity contribution in [3.05, 3.63) is 75.6 Å². The standard InChI is InChI=1S/C24H30FN3O4S/c1-5-21(23(30)26-24(2,3)4)27(14-17-6-10-19(25)11-7-17)22(29)16-33-15-18-8-12-20(13-9-18)28(31)32/h6-13,21H,5,14-16H2,1-4H3,(H,26,30). The average molecular weight is 476 g/mol. The molecule has 2 rings (SSSR count). The predicted molar refractivity (Wildman–Crippen MR) is 128 cm³/mol. The van der Waals surface area contributed by atoms with Crippen LogP contribution in [-0.2, 0) is 21.9 Å². The van der Waals surface area contributed by atoms with Gasteiger partial charge >= 0.3 is 0 Å². The maximum Gasteiger partial charge on any atom is 0.269 e. The Hall–Kier alpha value is -2.94. The number of halogens is 1. The summed E-state index contributed by atoms with van der Waals surface area (Å²) in [6.07, 6.45) is 0.432. The maximum absolute atomic E-state index is 13.3. The number of carbonyl (C=O) groups is 2. The zero-order valence-electron chi connectivity index (χ0n) is 19.3. The number of carbonyl (C=O) groups excluding carboxylic acids is 2. The molecule has 9 heteroatoms. The van der Waals surface area contributed by atoms with Crippen LogP contribution in [0.25, 0.3) is 0 Å². The normalized spacial score (nSPS) is 12.2. The molecule has 0 spiro atoms. The highest BCUT2D eigenvalue weighted by Gasteiger charge is 2.30. The number of hydrogen-bond acceptors (Lipinski definition) is 5. The van der Waals surface area contributed by atoms with Gasteiger partial charge in [-0.15, -0.1) is 11.8 Å². The molecule has 0 saturated heterocycles. The van der Waals surface area contributed by atoms with Crippen molar-refractivity contribution in [2.75, 3.05) is 5.75 Å². The van der Waals surface area contributed by atoms with E-state index in [4.69, 9.17) is 0 Å². The van der Waals surface area contributed by atoms with Gasteiger partial charge in [0.1, 0.15) is 11.9 Å². The third kappa shape index (κ3) is 8.49. The number of nitrogens with one attached hydrogen (secondary N) is 1. The number of thioether (sulfide) groups is 1. The van der Waals surface area contributed by atoms with E-state index in [2.05, 4.69) is 5.32 Å². The molecule has 0 radical (unpaired) electrons. The largest absolute Gasteiger partial charge is 0.350 e. The van der Waals surface area contributed by atoms with Crippen LogP contribution in [0.3, 0.4) is 0 Å². The first-order valence-electron chi connectivity index (χ1n) is 10.7. The molecular weight excluding hydrogens is 445 g/mol. The van der Waals surface area contributed by atoms with Gasteiger partial charge in [-0.1, -0.05) is 31.2 Å². The number of rotatable bonds is 10. The number of hydrogen-bond donors (Lipinski definition) is 1. The van der Waals surface area contributed by atoms with Gasteiger partial charge in [0.25, 0.3) is 5.69 Å². The van der Waals surface area contributed by atoms with E-state index in [0.29, 0.717) is 12.2 Å². The van der Waals surface area contributed by atoms with Gasteiger partial charge < -0.3 is 10.2 Å². The maximum atomic E-state index is 13.3. The number of amides is 2. The number of nitro groups is 1. The predicted octanol–water partition coefficient (Wildman–Crippen LogP) is 4.69. The van der Waals surface area contributed by atoms with E-state index in [0.717, 1.165) is 11.1 Å². The van der Waals surface area contributed by atoms with Crippen LogP contribution in [0.15, 0.2) is 48.5 Å². The lowest BCUT2D eigenvalue weighted by Gasteiger charge is -2.33. The van der Waals surface area contributed by atoms with Crippen LogP contribution in [-0.4, -0.2) is 39.0 Å². The molecule has 1 unspecified atom stereocenters. The first-order chi connectivity index (χ1) is 15.5. The van der Waals surface area contributed by atoms with E-state index in [1.165, 1.54) is 40.9 Å². The molecule has 0 fully saturated rings. The van der Waals surface area contributed by atoms with Crippen LogP contribution in [0, 0.1) is 15.9 Å². The Labute approximate surface area is 197 Å². The molecule has 0 bridgehead atoms. The Balaban J connectivity index is 2.12. The smallest absolute Gasteiger partial charge is 0.269 e. The fraction of sp³-hybridized carbons (Fsp3) is 0.417. The van der Waals surface area contributed by atoms with Crippen LogP contribution in [0.5, 0.6) is 0 Å². The van der Waals surface area contributed by atoms with Crippen LogP contribution in [0.4, 0.5) is 10.1 Å². The van der Waals surface area contributed by atoms with Gasteiger partial charge in [-0.25, -0.2) is 4.39 Å². The monoisotopic (exact) mass is 475 g/mol. The van der Waals surface area contributed by atoms with Crippen molar-refractivity contribution < 1.29 is 18.9 Å². The van der Waals surface area contributed by atoms with E-state index >= 15 is 0 Å². The van der Waals surface area contributed by atoms with Gasteiger partial charge in [0.15, 0.2) is 0 Å². The molecule has 1 N–H and O–H groups in total. The van der Waals surface area contributed by atoms with Gasteiger partial charge in [-0.2, -0.15) is 0 Å². The van der Waals surface area contributed by atoms with Crippen molar-refractivity contribution in [2.45, 2.75) is 58.0 Å². The fourth-order valence-corrected chi connectivity index (χ4v) is 4.08. The minimum absolute atomic E-state index is 0.0148. The van der Waals surface area contributed by atoms with Crippen LogP contribution in [0.2, 0.25) is 0 Å². The van der Waals surface area contributed by atoms with E-state index < -0.39 is 16.5 Å². The molecule has 33 heavy (non-hydrogen) atoms. The first-order valence-corrected chi connectivity index (χ1v) is 11.8. The third-order valence-electron chi connectivity index (χ3n) is 4.79. The number of non-ortho nitro benzene ring substituents is 1. The number of nitro benzene ring substituents is 1. The van der Waals surface area contributed by atoms with E-state index in [-0.39, 0.29) is 35.6 Å². The zero-order chi connectivity index (χ0) is 24.6. The molecule has 2 amide bonds. The summed E-state index contributed by atoms with van der Waals surface area (Å²) in [6, 6.07) is 11.4. The molecule has 0 aliphatic carbocycles. The Morgan fingerprint density at radius 1 is 1.09 bits per heavy atom. The van der Waals surface area contributed by atoms with E-state index in [1.54, 1.807) is 24.3 Å². The molecule has 0 heterocycles. The molecule has 2 aromatic carbocycles. The minimum atomic E-state index is -0.665. The molecule has 0 aliphatic heterocycles. The molecule has 7 nitrogen and oxygen atoms in total. The highest BCUT2D eigenvalue weighted by Crippen LogP contribution is 2.20. The third-order valence-corrected chi connectivity index (χ3v) is 5.78. The molecule has 2 aromatic rings. The van der Waals surface area contributed by atoms with Gasteiger partial charge in [0, 0.05) is 30.0 Å². The second kappa shape index (κ2) is 11.8. The number of benzene rings is 2. The molecule has 1 atom stereocenters. The zero-order valence-corrected chi connectivity index (χ0v) is 20.2. The Morgan fingerprint density at radius 3 is 2.18 bits per heavy atom. The van der Waals surface area contributed by atoms with Crippen LogP contribution >= 0.6 is 11.8 Å². The summed E-state index contributed by atoms with van der Waals surface area (Å²) in [7, 11) is 0. The summed E-state index contributed by atoms with van der Waals surface area (Å²) >= 11 is 1.37. The molecule has 0 aromatic heterocycles. The van der Waals surface area contributed by atoms with E-state index in [9.17, 15) is 24.1 Å². The lowest BCUT2D eigenvalue weighted by Crippen LogP contribution is -2.53. The highest BCUT2D eigenvalue weighted by molar-refractivity contribution is 7.99. The SMILES string of the molecule is CCC(C(=O)NC(C)(C)C)N(Cc1ccc(F)cc1)C(=O)CSCc1ccc([N+](=O)[O-])cc1. The summed E-state index contributed by atoms with van der Waals surface area (Å²) in [4.78, 5) is 38.0. The van der Waals surface area contributed by atoms with Crippen LogP contribution in [0.1, 0.15) is 45.2 Å². The van der Waals surface area contributed by atoms with Crippen LogP contribution < -0.4 is 5.32 Å². The van der Waals surface area contributed by atoms with Crippen molar-refractivity contribution in [1.82, 2.24) is 10.2 Å². The van der Waals surface area contributed by atoms with Gasteiger partial charge in [-0.05, 0) is 50.5 Å². The highest BCUT2D eigenvalue weighted by atomic mass is 32.2. The van der Waals surface area contributed by atoms with Gasteiger partial charge in [0.2, 0.25) is 11.8 Å². The minimum Gasteiger partial charge on any atom is -0.350 e. The summed E-state index contributed by atoms with van der Waals surface area (Å²) in [6.45, 7) is 7.67. The van der Waals surface area contributed by atoms with Crippen molar-refractivity contribution >= 4 is 29.3 Å². The Kier molecular flexibility index (Phi) is 9.40. The lowest BCUT2D eigenvalue weighted by molar-refractivity contribution is -0.384. The Bertz CT molecular complexity index is 959. The van der Waals surface area contributed by atoms with Crippen molar-refractivity contribution in [2.24, 2.45) is 0 Å². The summed E-state index contributed by atoms with van der Waals surface area (Å²) in [5, 5.41) is 13.7. The average Bonchev–Trinajstić information content (AvgIpc) is 2.74. The van der Waals surface area contributed by atoms with E-state index in [1.807, 2.05) is 27.7 Å². The molecular formula is C24H30FN3O4S. The quantitative estimate of drug-likeness (QED) is 0.398. The molecule has 0 aliphatic rings. The summed E-state index contributed by atoms with van der Waals surface area (Å²) in [5.74, 6) is -0.174. The van der Waals surface area contributed by atoms with Crippen molar-refractivity contribution in [3.8, 4) is 0 Å². The number of nitrogens with zero attached hydrogens (tertiary/aromatic N) is 2. The lowest BCUT2D eigenvalue weighted by atomic mass is 10.1. The summed E-state index contributed by atoms with van der Waals surface area (Å²) in [5.41, 5.74) is 1.16. The van der Waals surface area contributed by atoms with Gasteiger partial charge in [-0.3, -0.25) is 19.7 Å². The van der Waals surface area contributed by atoms with Gasteiger partial charge in [0.05, 0.1) is 10.7 Å². The van der Waals surface area contributed by atoms with Crippen molar-refractivity contribution in [3.63, 3.8) is 0 Å². The summed E-state index contributed by atoms with van der Waals surface area (Å²) < 4.78 is 13.3. The topological polar surface area (TPSA) is 92.6 Å². The fourth-order valence-electron chi connectivity index (χ4n) is 3.21. The second-order valence-electron chi connectivity index (χ2n) is 8.73. The molecule has 178 valence electrons. The van der Waals surface area contributed by atoms with Crippen molar-refractivity contribution in [1.29, 1.82) is 0 Å². The Morgan fingerprint density at radius 2 is 1.67 bits per heavy atom. The first kappa shape index (κ1) is 26.3. The molecule has 0 saturated carbocycles. The second-order valence-corrected chi connectivity index (χ2v) is 9.71.